The lowest BCUT2D eigenvalue weighted by Gasteiger charge is -2.14. The second kappa shape index (κ2) is 4.28. The SMILES string of the molecule is CNC(CO)c1c(C)n(C)c2ccccc12. The van der Waals surface area contributed by atoms with Crippen LogP contribution in [0.1, 0.15) is 17.3 Å². The Hall–Kier alpha value is -1.32. The fourth-order valence-electron chi connectivity index (χ4n) is 2.32. The van der Waals surface area contributed by atoms with Crippen LogP contribution in [0.3, 0.4) is 0 Å². The molecule has 1 aromatic carbocycles. The molecule has 2 aromatic rings. The Bertz CT molecular complexity index is 498. The first kappa shape index (κ1) is 11.2. The van der Waals surface area contributed by atoms with Crippen molar-refractivity contribution in [2.24, 2.45) is 7.05 Å². The molecular formula is C13H18N2O. The van der Waals surface area contributed by atoms with Gasteiger partial charge < -0.3 is 15.0 Å². The third-order valence-corrected chi connectivity index (χ3v) is 3.33. The Kier molecular flexibility index (Phi) is 2.99. The molecule has 1 aromatic heterocycles. The molecule has 0 saturated heterocycles. The number of aliphatic hydroxyl groups is 1. The van der Waals surface area contributed by atoms with E-state index in [4.69, 9.17) is 0 Å². The molecule has 1 heterocycles. The van der Waals surface area contributed by atoms with Gasteiger partial charge in [0.25, 0.3) is 0 Å². The van der Waals surface area contributed by atoms with E-state index < -0.39 is 0 Å². The molecule has 3 heteroatoms. The molecule has 0 spiro atoms. The van der Waals surface area contributed by atoms with Crippen molar-refractivity contribution < 1.29 is 5.11 Å². The standard InChI is InChI=1S/C13H18N2O/c1-9-13(11(8-16)14-2)10-6-4-5-7-12(10)15(9)3/h4-7,11,14,16H,8H2,1-3H3. The normalized spacial score (nSPS) is 13.2. The Morgan fingerprint density at radius 1 is 1.38 bits per heavy atom. The average molecular weight is 218 g/mol. The van der Waals surface area contributed by atoms with Crippen molar-refractivity contribution in [1.82, 2.24) is 9.88 Å². The summed E-state index contributed by atoms with van der Waals surface area (Å²) in [6.07, 6.45) is 0. The van der Waals surface area contributed by atoms with Crippen molar-refractivity contribution >= 4 is 10.9 Å². The minimum Gasteiger partial charge on any atom is -0.394 e. The smallest absolute Gasteiger partial charge is 0.0627 e. The van der Waals surface area contributed by atoms with Crippen molar-refractivity contribution in [2.45, 2.75) is 13.0 Å². The molecule has 0 aliphatic heterocycles. The molecule has 0 bridgehead atoms. The monoisotopic (exact) mass is 218 g/mol. The van der Waals surface area contributed by atoms with Gasteiger partial charge in [-0.2, -0.15) is 0 Å². The highest BCUT2D eigenvalue weighted by molar-refractivity contribution is 5.86. The lowest BCUT2D eigenvalue weighted by Crippen LogP contribution is -2.20. The average Bonchev–Trinajstić information content (AvgIpc) is 2.57. The topological polar surface area (TPSA) is 37.2 Å². The van der Waals surface area contributed by atoms with Crippen molar-refractivity contribution in [2.75, 3.05) is 13.7 Å². The number of aryl methyl sites for hydroxylation is 1. The Morgan fingerprint density at radius 2 is 2.06 bits per heavy atom. The molecular weight excluding hydrogens is 200 g/mol. The van der Waals surface area contributed by atoms with Gasteiger partial charge in [-0.05, 0) is 25.6 Å². The molecule has 0 saturated carbocycles. The minimum absolute atomic E-state index is 0.00565. The molecule has 2 N–H and O–H groups in total. The van der Waals surface area contributed by atoms with Gasteiger partial charge in [0.05, 0.1) is 12.6 Å². The van der Waals surface area contributed by atoms with E-state index in [-0.39, 0.29) is 12.6 Å². The molecule has 1 atom stereocenters. The zero-order valence-corrected chi connectivity index (χ0v) is 9.99. The summed E-state index contributed by atoms with van der Waals surface area (Å²) in [5.74, 6) is 0. The number of likely N-dealkylation sites (N-methyl/N-ethyl adjacent to an activating group) is 1. The predicted molar refractivity (Wildman–Crippen MR) is 66.5 cm³/mol. The second-order valence-corrected chi connectivity index (χ2v) is 4.10. The number of aromatic nitrogens is 1. The van der Waals surface area contributed by atoms with Gasteiger partial charge in [0.15, 0.2) is 0 Å². The zero-order valence-electron chi connectivity index (χ0n) is 9.99. The highest BCUT2D eigenvalue weighted by Gasteiger charge is 2.18. The Labute approximate surface area is 95.7 Å². The maximum absolute atomic E-state index is 9.40. The van der Waals surface area contributed by atoms with Crippen LogP contribution in [-0.4, -0.2) is 23.3 Å². The molecule has 0 fully saturated rings. The van der Waals surface area contributed by atoms with E-state index in [9.17, 15) is 5.11 Å². The largest absolute Gasteiger partial charge is 0.394 e. The molecule has 0 amide bonds. The van der Waals surface area contributed by atoms with Crippen molar-refractivity contribution in [3.63, 3.8) is 0 Å². The van der Waals surface area contributed by atoms with E-state index in [0.29, 0.717) is 0 Å². The van der Waals surface area contributed by atoms with Gasteiger partial charge in [-0.15, -0.1) is 0 Å². The number of nitrogens with one attached hydrogen (secondary N) is 1. The number of rotatable bonds is 3. The van der Waals surface area contributed by atoms with Crippen LogP contribution in [-0.2, 0) is 7.05 Å². The van der Waals surface area contributed by atoms with E-state index in [1.807, 2.05) is 19.2 Å². The van der Waals surface area contributed by atoms with Crippen molar-refractivity contribution in [3.05, 3.63) is 35.5 Å². The summed E-state index contributed by atoms with van der Waals surface area (Å²) >= 11 is 0. The summed E-state index contributed by atoms with van der Waals surface area (Å²) in [7, 11) is 3.94. The van der Waals surface area contributed by atoms with Crippen LogP contribution in [0.4, 0.5) is 0 Å². The highest BCUT2D eigenvalue weighted by atomic mass is 16.3. The first-order valence-corrected chi connectivity index (χ1v) is 5.52. The number of para-hydroxylation sites is 1. The van der Waals surface area contributed by atoms with Gasteiger partial charge in [0, 0.05) is 23.6 Å². The van der Waals surface area contributed by atoms with Crippen molar-refractivity contribution in [1.29, 1.82) is 0 Å². The van der Waals surface area contributed by atoms with E-state index in [1.54, 1.807) is 0 Å². The van der Waals surface area contributed by atoms with Crippen LogP contribution in [0.25, 0.3) is 10.9 Å². The molecule has 86 valence electrons. The Morgan fingerprint density at radius 3 is 2.69 bits per heavy atom. The fourth-order valence-corrected chi connectivity index (χ4v) is 2.32. The molecule has 16 heavy (non-hydrogen) atoms. The van der Waals surface area contributed by atoms with Gasteiger partial charge >= 0.3 is 0 Å². The predicted octanol–water partition coefficient (Wildman–Crippen LogP) is 1.74. The lowest BCUT2D eigenvalue weighted by atomic mass is 10.0. The molecule has 1 unspecified atom stereocenters. The van der Waals surface area contributed by atoms with E-state index in [1.165, 1.54) is 22.2 Å². The number of hydrogen-bond donors (Lipinski definition) is 2. The second-order valence-electron chi connectivity index (χ2n) is 4.10. The maximum Gasteiger partial charge on any atom is 0.0627 e. The molecule has 0 radical (unpaired) electrons. The van der Waals surface area contributed by atoms with Crippen LogP contribution in [0, 0.1) is 6.92 Å². The van der Waals surface area contributed by atoms with Crippen molar-refractivity contribution in [3.8, 4) is 0 Å². The van der Waals surface area contributed by atoms with E-state index in [0.717, 1.165) is 0 Å². The van der Waals surface area contributed by atoms with E-state index >= 15 is 0 Å². The summed E-state index contributed by atoms with van der Waals surface area (Å²) in [5, 5.41) is 13.8. The Balaban J connectivity index is 2.72. The van der Waals surface area contributed by atoms with Crippen LogP contribution in [0.15, 0.2) is 24.3 Å². The maximum atomic E-state index is 9.40. The third kappa shape index (κ3) is 1.52. The summed E-state index contributed by atoms with van der Waals surface area (Å²) in [5.41, 5.74) is 3.61. The first-order chi connectivity index (χ1) is 7.70. The van der Waals surface area contributed by atoms with Crippen LogP contribution < -0.4 is 5.32 Å². The lowest BCUT2D eigenvalue weighted by molar-refractivity contribution is 0.251. The fraction of sp³-hybridized carbons (Fsp3) is 0.385. The molecule has 0 aliphatic carbocycles. The van der Waals surface area contributed by atoms with E-state index in [2.05, 4.69) is 36.0 Å². The van der Waals surface area contributed by atoms with Crippen LogP contribution in [0.2, 0.25) is 0 Å². The minimum atomic E-state index is 0.00565. The number of nitrogens with zero attached hydrogens (tertiary/aromatic N) is 1. The quantitative estimate of drug-likeness (QED) is 0.823. The number of hydrogen-bond acceptors (Lipinski definition) is 2. The van der Waals surface area contributed by atoms with Crippen LogP contribution >= 0.6 is 0 Å². The summed E-state index contributed by atoms with van der Waals surface area (Å²) in [6, 6.07) is 8.30. The van der Waals surface area contributed by atoms with Gasteiger partial charge in [-0.1, -0.05) is 18.2 Å². The number of benzene rings is 1. The summed E-state index contributed by atoms with van der Waals surface area (Å²) in [6.45, 7) is 2.21. The van der Waals surface area contributed by atoms with Crippen LogP contribution in [0.5, 0.6) is 0 Å². The zero-order chi connectivity index (χ0) is 11.7. The van der Waals surface area contributed by atoms with Gasteiger partial charge in [0.1, 0.15) is 0 Å². The van der Waals surface area contributed by atoms with Gasteiger partial charge in [0.2, 0.25) is 0 Å². The highest BCUT2D eigenvalue weighted by Crippen LogP contribution is 2.29. The summed E-state index contributed by atoms with van der Waals surface area (Å²) in [4.78, 5) is 0. The third-order valence-electron chi connectivity index (χ3n) is 3.33. The van der Waals surface area contributed by atoms with Gasteiger partial charge in [-0.25, -0.2) is 0 Å². The molecule has 0 aliphatic rings. The number of fused-ring (bicyclic) bond motifs is 1. The molecule has 3 nitrogen and oxygen atoms in total. The summed E-state index contributed by atoms with van der Waals surface area (Å²) < 4.78 is 2.17. The number of aliphatic hydroxyl groups excluding tert-OH is 1. The first-order valence-electron chi connectivity index (χ1n) is 5.52. The van der Waals surface area contributed by atoms with Gasteiger partial charge in [-0.3, -0.25) is 0 Å². The molecule has 2 rings (SSSR count).